The lowest BCUT2D eigenvalue weighted by molar-refractivity contribution is -0.143. The second kappa shape index (κ2) is 12.4. The van der Waals surface area contributed by atoms with E-state index in [4.69, 9.17) is 4.74 Å². The molecular formula is C26H30N2O5S. The van der Waals surface area contributed by atoms with Crippen LogP contribution in [0.1, 0.15) is 41.5 Å². The fraction of sp³-hybridized carbons (Fsp3) is 0.308. The van der Waals surface area contributed by atoms with E-state index < -0.39 is 10.0 Å². The Morgan fingerprint density at radius 2 is 1.76 bits per heavy atom. The molecule has 7 nitrogen and oxygen atoms in total. The number of benzene rings is 2. The molecule has 8 heteroatoms. The van der Waals surface area contributed by atoms with Crippen molar-refractivity contribution in [2.45, 2.75) is 37.0 Å². The lowest BCUT2D eigenvalue weighted by Gasteiger charge is -2.18. The number of nitrogens with one attached hydrogen (secondary N) is 1. The molecule has 180 valence electrons. The van der Waals surface area contributed by atoms with Crippen molar-refractivity contribution in [3.63, 3.8) is 0 Å². The van der Waals surface area contributed by atoms with Gasteiger partial charge in [-0.1, -0.05) is 42.5 Å². The molecule has 1 unspecified atom stereocenters. The zero-order valence-electron chi connectivity index (χ0n) is 19.2. The van der Waals surface area contributed by atoms with E-state index in [0.717, 1.165) is 22.3 Å². The third kappa shape index (κ3) is 7.21. The monoisotopic (exact) mass is 482 g/mol. The van der Waals surface area contributed by atoms with Crippen LogP contribution in [0.3, 0.4) is 0 Å². The van der Waals surface area contributed by atoms with Crippen LogP contribution in [0, 0.1) is 0 Å². The quantitative estimate of drug-likeness (QED) is 0.384. The van der Waals surface area contributed by atoms with Gasteiger partial charge in [0.2, 0.25) is 10.0 Å². The Morgan fingerprint density at radius 3 is 2.41 bits per heavy atom. The van der Waals surface area contributed by atoms with Gasteiger partial charge in [0.25, 0.3) is 0 Å². The molecule has 0 spiro atoms. The van der Waals surface area contributed by atoms with E-state index in [1.54, 1.807) is 49.6 Å². The molecule has 0 saturated heterocycles. The lowest BCUT2D eigenvalue weighted by atomic mass is 9.89. The summed E-state index contributed by atoms with van der Waals surface area (Å²) in [7, 11) is -3.60. The maximum atomic E-state index is 12.5. The molecular weight excluding hydrogens is 452 g/mol. The Bertz CT molecular complexity index is 1170. The van der Waals surface area contributed by atoms with Gasteiger partial charge < -0.3 is 9.84 Å². The van der Waals surface area contributed by atoms with Crippen LogP contribution >= 0.6 is 0 Å². The highest BCUT2D eigenvalue weighted by Crippen LogP contribution is 2.26. The number of aromatic nitrogens is 1. The number of carbonyl (C=O) groups excluding carboxylic acids is 1. The molecule has 0 amide bonds. The third-order valence-corrected chi connectivity index (χ3v) is 6.91. The van der Waals surface area contributed by atoms with Crippen molar-refractivity contribution in [2.75, 3.05) is 19.8 Å². The van der Waals surface area contributed by atoms with Crippen molar-refractivity contribution in [2.24, 2.45) is 0 Å². The van der Waals surface area contributed by atoms with Crippen molar-refractivity contribution in [1.82, 2.24) is 9.71 Å². The fourth-order valence-corrected chi connectivity index (χ4v) is 4.81. The molecule has 2 N–H and O–H groups in total. The molecule has 0 aliphatic heterocycles. The SMILES string of the molecule is CCOC(=O)CCc1cc(CCNS(=O)(=O)c2ccccc2)cc(C(CO)c2cccnc2)c1. The summed E-state index contributed by atoms with van der Waals surface area (Å²) in [4.78, 5) is 16.2. The van der Waals surface area contributed by atoms with Crippen LogP contribution in [-0.2, 0) is 32.4 Å². The number of rotatable bonds is 12. The van der Waals surface area contributed by atoms with E-state index in [9.17, 15) is 18.3 Å². The first kappa shape index (κ1) is 25.6. The fourth-order valence-electron chi connectivity index (χ4n) is 3.76. The van der Waals surface area contributed by atoms with Gasteiger partial charge in [0, 0.05) is 31.3 Å². The van der Waals surface area contributed by atoms with E-state index >= 15 is 0 Å². The van der Waals surface area contributed by atoms with Crippen LogP contribution in [0.4, 0.5) is 0 Å². The minimum absolute atomic E-state index is 0.104. The molecule has 3 rings (SSSR count). The number of hydrogen-bond acceptors (Lipinski definition) is 6. The Kier molecular flexibility index (Phi) is 9.33. The molecule has 0 radical (unpaired) electrons. The van der Waals surface area contributed by atoms with Crippen LogP contribution in [-0.4, -0.2) is 44.2 Å². The average molecular weight is 483 g/mol. The van der Waals surface area contributed by atoms with Crippen LogP contribution in [0.2, 0.25) is 0 Å². The van der Waals surface area contributed by atoms with Gasteiger partial charge in [-0.25, -0.2) is 13.1 Å². The molecule has 1 atom stereocenters. The summed E-state index contributed by atoms with van der Waals surface area (Å²) in [6, 6.07) is 17.9. The number of nitrogens with zero attached hydrogens (tertiary/aromatic N) is 1. The molecule has 1 heterocycles. The summed E-state index contributed by atoms with van der Waals surface area (Å²) in [5, 5.41) is 10.1. The first-order valence-corrected chi connectivity index (χ1v) is 12.7. The second-order valence-corrected chi connectivity index (χ2v) is 9.64. The molecule has 0 saturated carbocycles. The standard InChI is InChI=1S/C26H30N2O5S/c1-2-33-26(30)11-10-20-15-21(12-14-28-34(31,32)24-8-4-3-5-9-24)17-23(16-20)25(19-29)22-7-6-13-27-18-22/h3-9,13,15-18,25,28-29H,2,10-12,14,19H2,1H3. The summed E-state index contributed by atoms with van der Waals surface area (Å²) < 4.78 is 32.8. The van der Waals surface area contributed by atoms with Crippen molar-refractivity contribution in [3.8, 4) is 0 Å². The Balaban J connectivity index is 1.81. The highest BCUT2D eigenvalue weighted by molar-refractivity contribution is 7.89. The predicted octanol–water partition coefficient (Wildman–Crippen LogP) is 3.22. The zero-order valence-corrected chi connectivity index (χ0v) is 20.0. The van der Waals surface area contributed by atoms with Crippen molar-refractivity contribution < 1.29 is 23.1 Å². The van der Waals surface area contributed by atoms with Gasteiger partial charge in [-0.05, 0) is 60.2 Å². The number of sulfonamides is 1. The van der Waals surface area contributed by atoms with Crippen LogP contribution in [0.25, 0.3) is 0 Å². The van der Waals surface area contributed by atoms with E-state index in [1.165, 1.54) is 0 Å². The molecule has 0 fully saturated rings. The van der Waals surface area contributed by atoms with Crippen LogP contribution in [0.15, 0.2) is 78.0 Å². The van der Waals surface area contributed by atoms with Gasteiger partial charge in [0.1, 0.15) is 0 Å². The molecule has 0 bridgehead atoms. The summed E-state index contributed by atoms with van der Waals surface area (Å²) in [5.74, 6) is -0.549. The topological polar surface area (TPSA) is 106 Å². The number of aliphatic hydroxyl groups is 1. The Labute approximate surface area is 200 Å². The minimum Gasteiger partial charge on any atom is -0.466 e. The maximum Gasteiger partial charge on any atom is 0.306 e. The number of ether oxygens (including phenoxy) is 1. The van der Waals surface area contributed by atoms with E-state index in [1.807, 2.05) is 30.3 Å². The number of pyridine rings is 1. The van der Waals surface area contributed by atoms with Gasteiger partial charge in [0.05, 0.1) is 18.1 Å². The number of hydrogen-bond donors (Lipinski definition) is 2. The summed E-state index contributed by atoms with van der Waals surface area (Å²) in [6.07, 6.45) is 4.59. The average Bonchev–Trinajstić information content (AvgIpc) is 2.84. The molecule has 0 aliphatic carbocycles. The molecule has 3 aromatic rings. The number of aryl methyl sites for hydroxylation is 1. The largest absolute Gasteiger partial charge is 0.466 e. The highest BCUT2D eigenvalue weighted by atomic mass is 32.2. The van der Waals surface area contributed by atoms with E-state index in [2.05, 4.69) is 9.71 Å². The van der Waals surface area contributed by atoms with Crippen molar-refractivity contribution >= 4 is 16.0 Å². The van der Waals surface area contributed by atoms with E-state index in [-0.39, 0.29) is 36.4 Å². The van der Waals surface area contributed by atoms with Crippen LogP contribution in [0.5, 0.6) is 0 Å². The van der Waals surface area contributed by atoms with Gasteiger partial charge in [0.15, 0.2) is 0 Å². The second-order valence-electron chi connectivity index (χ2n) is 7.87. The third-order valence-electron chi connectivity index (χ3n) is 5.43. The minimum atomic E-state index is -3.60. The number of carbonyl (C=O) groups is 1. The predicted molar refractivity (Wildman–Crippen MR) is 130 cm³/mol. The number of esters is 1. The van der Waals surface area contributed by atoms with Gasteiger partial charge >= 0.3 is 5.97 Å². The summed E-state index contributed by atoms with van der Waals surface area (Å²) in [6.45, 7) is 2.22. The van der Waals surface area contributed by atoms with Gasteiger partial charge in [-0.15, -0.1) is 0 Å². The normalized spacial score (nSPS) is 12.3. The smallest absolute Gasteiger partial charge is 0.306 e. The first-order chi connectivity index (χ1) is 16.4. The Morgan fingerprint density at radius 1 is 1.03 bits per heavy atom. The zero-order chi connectivity index (χ0) is 24.4. The lowest BCUT2D eigenvalue weighted by Crippen LogP contribution is -2.26. The van der Waals surface area contributed by atoms with Gasteiger partial charge in [-0.2, -0.15) is 0 Å². The van der Waals surface area contributed by atoms with E-state index in [0.29, 0.717) is 19.4 Å². The maximum absolute atomic E-state index is 12.5. The molecule has 1 aromatic heterocycles. The number of aliphatic hydroxyl groups excluding tert-OH is 1. The molecule has 0 aliphatic rings. The molecule has 34 heavy (non-hydrogen) atoms. The van der Waals surface area contributed by atoms with Crippen LogP contribution < -0.4 is 4.72 Å². The summed E-state index contributed by atoms with van der Waals surface area (Å²) >= 11 is 0. The van der Waals surface area contributed by atoms with Crippen molar-refractivity contribution in [1.29, 1.82) is 0 Å². The molecule has 2 aromatic carbocycles. The first-order valence-electron chi connectivity index (χ1n) is 11.3. The Hall–Kier alpha value is -3.07. The van der Waals surface area contributed by atoms with Crippen molar-refractivity contribution in [3.05, 3.63) is 95.3 Å². The van der Waals surface area contributed by atoms with Gasteiger partial charge in [-0.3, -0.25) is 9.78 Å². The summed E-state index contributed by atoms with van der Waals surface area (Å²) in [5.41, 5.74) is 3.60. The highest BCUT2D eigenvalue weighted by Gasteiger charge is 2.17.